The molecule has 0 radical (unpaired) electrons. The highest BCUT2D eigenvalue weighted by atomic mass is 19.2. The van der Waals surface area contributed by atoms with Gasteiger partial charge in [0.2, 0.25) is 5.82 Å². The van der Waals surface area contributed by atoms with Gasteiger partial charge in [-0.2, -0.15) is 0 Å². The molecule has 2 aromatic carbocycles. The van der Waals surface area contributed by atoms with Crippen LogP contribution in [-0.2, 0) is 0 Å². The number of ether oxygens (including phenoxy) is 1. The monoisotopic (exact) mass is 435 g/mol. The summed E-state index contributed by atoms with van der Waals surface area (Å²) in [5, 5.41) is 2.28. The molecule has 5 nitrogen and oxygen atoms in total. The molecule has 3 aromatic rings. The van der Waals surface area contributed by atoms with Crippen molar-refractivity contribution >= 4 is 17.3 Å². The van der Waals surface area contributed by atoms with Crippen LogP contribution in [0.15, 0.2) is 42.6 Å². The molecule has 0 fully saturated rings. The van der Waals surface area contributed by atoms with Crippen molar-refractivity contribution in [2.24, 2.45) is 0 Å². The number of amides is 1. The average molecular weight is 435 g/mol. The van der Waals surface area contributed by atoms with Crippen molar-refractivity contribution in [3.8, 4) is 5.75 Å². The molecule has 0 saturated heterocycles. The molecule has 4 rings (SSSR count). The lowest BCUT2D eigenvalue weighted by Crippen LogP contribution is -2.33. The van der Waals surface area contributed by atoms with Gasteiger partial charge < -0.3 is 10.1 Å². The fourth-order valence-electron chi connectivity index (χ4n) is 3.32. The molecule has 31 heavy (non-hydrogen) atoms. The zero-order valence-corrected chi connectivity index (χ0v) is 15.9. The molecule has 160 valence electrons. The summed E-state index contributed by atoms with van der Waals surface area (Å²) in [7, 11) is 0. The van der Waals surface area contributed by atoms with E-state index >= 15 is 0 Å². The molecule has 0 aliphatic carbocycles. The number of benzene rings is 2. The Morgan fingerprint density at radius 2 is 1.58 bits per heavy atom. The normalized spacial score (nSPS) is 15.2. The predicted molar refractivity (Wildman–Crippen MR) is 101 cm³/mol. The van der Waals surface area contributed by atoms with Gasteiger partial charge in [0.25, 0.3) is 5.91 Å². The Bertz CT molecular complexity index is 1140. The molecule has 1 amide bonds. The number of nitrogens with zero attached hydrogens (tertiary/aromatic N) is 2. The first-order chi connectivity index (χ1) is 14.8. The number of halogens is 5. The number of nitrogens with one attached hydrogen (secondary N) is 1. The number of carbonyl (C=O) groups is 1. The van der Waals surface area contributed by atoms with Crippen LogP contribution in [0.25, 0.3) is 0 Å². The molecule has 2 heterocycles. The molecule has 1 atom stereocenters. The Morgan fingerprint density at radius 3 is 2.19 bits per heavy atom. The molecule has 1 aliphatic heterocycles. The van der Waals surface area contributed by atoms with Crippen molar-refractivity contribution in [3.63, 3.8) is 0 Å². The van der Waals surface area contributed by atoms with E-state index in [0.29, 0.717) is 18.0 Å². The first-order valence-corrected chi connectivity index (χ1v) is 9.14. The molecule has 0 saturated carbocycles. The molecule has 0 unspecified atom stereocenters. The van der Waals surface area contributed by atoms with Crippen molar-refractivity contribution in [3.05, 3.63) is 82.9 Å². The van der Waals surface area contributed by atoms with Gasteiger partial charge in [-0.05, 0) is 43.3 Å². The van der Waals surface area contributed by atoms with Gasteiger partial charge in [-0.1, -0.05) is 0 Å². The summed E-state index contributed by atoms with van der Waals surface area (Å²) in [6, 6.07) is 9.17. The number of rotatable bonds is 5. The van der Waals surface area contributed by atoms with E-state index < -0.39 is 46.8 Å². The molecular formula is C21H14F5N3O2. The minimum atomic E-state index is -2.27. The van der Waals surface area contributed by atoms with Gasteiger partial charge in [-0.15, -0.1) is 0 Å². The van der Waals surface area contributed by atoms with Gasteiger partial charge in [0.1, 0.15) is 11.4 Å². The summed E-state index contributed by atoms with van der Waals surface area (Å²) in [4.78, 5) is 18.2. The second-order valence-electron chi connectivity index (χ2n) is 6.53. The van der Waals surface area contributed by atoms with Crippen molar-refractivity contribution in [2.45, 2.75) is 13.1 Å². The first kappa shape index (κ1) is 20.6. The van der Waals surface area contributed by atoms with Crippen LogP contribution in [-0.4, -0.2) is 17.5 Å². The predicted octanol–water partition coefficient (Wildman–Crippen LogP) is 4.95. The number of anilines is 2. The van der Waals surface area contributed by atoms with E-state index in [0.717, 1.165) is 4.90 Å². The average Bonchev–Trinajstić information content (AvgIpc) is 3.06. The van der Waals surface area contributed by atoms with E-state index in [9.17, 15) is 26.7 Å². The molecule has 1 N–H and O–H groups in total. The zero-order chi connectivity index (χ0) is 22.3. The molecule has 1 aromatic heterocycles. The second-order valence-corrected chi connectivity index (χ2v) is 6.53. The lowest BCUT2D eigenvalue weighted by Gasteiger charge is -2.27. The smallest absolute Gasteiger partial charge is 0.262 e. The Hall–Kier alpha value is -3.69. The fourth-order valence-corrected chi connectivity index (χ4v) is 3.32. The number of carbonyl (C=O) groups excluding carboxylic acids is 1. The zero-order valence-electron chi connectivity index (χ0n) is 15.9. The maximum absolute atomic E-state index is 14.3. The summed E-state index contributed by atoms with van der Waals surface area (Å²) in [5.41, 5.74) is -0.764. The van der Waals surface area contributed by atoms with Gasteiger partial charge in [-0.25, -0.2) is 22.0 Å². The standard InChI is InChI=1S/C21H14F5N3O2/c1-2-31-11-7-5-10(6-8-11)29-20(18-12(21(29)30)4-3-9-27-18)28-19-16(25)14(23)13(22)15(24)17(19)26/h3-9,20,28H,2H2,1H3/t20-/m0/s1. The van der Waals surface area contributed by atoms with Crippen LogP contribution >= 0.6 is 0 Å². The van der Waals surface area contributed by atoms with Crippen LogP contribution in [0.1, 0.15) is 29.1 Å². The topological polar surface area (TPSA) is 54.5 Å². The van der Waals surface area contributed by atoms with Crippen LogP contribution in [0.3, 0.4) is 0 Å². The molecular weight excluding hydrogens is 421 g/mol. The van der Waals surface area contributed by atoms with E-state index in [1.165, 1.54) is 30.5 Å². The molecule has 1 aliphatic rings. The molecule has 0 spiro atoms. The van der Waals surface area contributed by atoms with E-state index in [-0.39, 0.29) is 11.3 Å². The van der Waals surface area contributed by atoms with Gasteiger partial charge in [-0.3, -0.25) is 14.7 Å². The van der Waals surface area contributed by atoms with Gasteiger partial charge in [0.05, 0.1) is 17.9 Å². The van der Waals surface area contributed by atoms with Crippen molar-refractivity contribution in [1.29, 1.82) is 0 Å². The van der Waals surface area contributed by atoms with Crippen LogP contribution in [0, 0.1) is 29.1 Å². The van der Waals surface area contributed by atoms with E-state index in [2.05, 4.69) is 10.3 Å². The highest BCUT2D eigenvalue weighted by molar-refractivity contribution is 6.11. The molecule has 10 heteroatoms. The van der Waals surface area contributed by atoms with Crippen molar-refractivity contribution < 1.29 is 31.5 Å². The third kappa shape index (κ3) is 3.33. The summed E-state index contributed by atoms with van der Waals surface area (Å²) < 4.78 is 74.7. The maximum atomic E-state index is 14.3. The summed E-state index contributed by atoms with van der Waals surface area (Å²) >= 11 is 0. The van der Waals surface area contributed by atoms with Crippen molar-refractivity contribution in [1.82, 2.24) is 4.98 Å². The quantitative estimate of drug-likeness (QED) is 0.350. The molecule has 0 bridgehead atoms. The number of pyridine rings is 1. The summed E-state index contributed by atoms with van der Waals surface area (Å²) in [6.07, 6.45) is 0.0241. The van der Waals surface area contributed by atoms with Gasteiger partial charge in [0.15, 0.2) is 29.4 Å². The maximum Gasteiger partial charge on any atom is 0.262 e. The lowest BCUT2D eigenvalue weighted by atomic mass is 10.2. The summed E-state index contributed by atoms with van der Waals surface area (Å²) in [5.74, 6) is -10.6. The fraction of sp³-hybridized carbons (Fsp3) is 0.143. The second kappa shape index (κ2) is 7.86. The number of fused-ring (bicyclic) bond motifs is 1. The van der Waals surface area contributed by atoms with Gasteiger partial charge >= 0.3 is 0 Å². The third-order valence-corrected chi connectivity index (χ3v) is 4.72. The highest BCUT2D eigenvalue weighted by Gasteiger charge is 2.40. The lowest BCUT2D eigenvalue weighted by molar-refractivity contribution is 0.0993. The van der Waals surface area contributed by atoms with E-state index in [1.807, 2.05) is 0 Å². The first-order valence-electron chi connectivity index (χ1n) is 9.14. The highest BCUT2D eigenvalue weighted by Crippen LogP contribution is 2.39. The Balaban J connectivity index is 1.81. The van der Waals surface area contributed by atoms with Crippen LogP contribution in [0.5, 0.6) is 5.75 Å². The summed E-state index contributed by atoms with van der Waals surface area (Å²) in [6.45, 7) is 2.21. The Morgan fingerprint density at radius 1 is 0.968 bits per heavy atom. The van der Waals surface area contributed by atoms with Gasteiger partial charge in [0, 0.05) is 11.9 Å². The minimum Gasteiger partial charge on any atom is -0.494 e. The van der Waals surface area contributed by atoms with E-state index in [4.69, 9.17) is 4.74 Å². The van der Waals surface area contributed by atoms with Crippen LogP contribution in [0.4, 0.5) is 33.3 Å². The largest absolute Gasteiger partial charge is 0.494 e. The number of hydrogen-bond acceptors (Lipinski definition) is 4. The van der Waals surface area contributed by atoms with Crippen molar-refractivity contribution in [2.75, 3.05) is 16.8 Å². The Labute approximate surface area is 173 Å². The Kier molecular flexibility index (Phi) is 5.22. The van der Waals surface area contributed by atoms with Crippen LogP contribution < -0.4 is 15.0 Å². The number of hydrogen-bond donors (Lipinski definition) is 1. The SMILES string of the molecule is CCOc1ccc(N2C(=O)c3cccnc3[C@H]2Nc2c(F)c(F)c(F)c(F)c2F)cc1. The third-order valence-electron chi connectivity index (χ3n) is 4.72. The van der Waals surface area contributed by atoms with E-state index in [1.54, 1.807) is 19.1 Å². The minimum absolute atomic E-state index is 0.0744. The van der Waals surface area contributed by atoms with Crippen LogP contribution in [0.2, 0.25) is 0 Å². The number of aromatic nitrogens is 1.